The van der Waals surface area contributed by atoms with Crippen LogP contribution in [0.25, 0.3) is 0 Å². The molecule has 0 unspecified atom stereocenters. The third kappa shape index (κ3) is 5.66. The van der Waals surface area contributed by atoms with Crippen LogP contribution in [0.1, 0.15) is 19.4 Å². The maximum atomic E-state index is 8.45. The second-order valence-corrected chi connectivity index (χ2v) is 1.92. The van der Waals surface area contributed by atoms with E-state index in [1.165, 1.54) is 0 Å². The number of hydrogen-bond acceptors (Lipinski definition) is 3. The van der Waals surface area contributed by atoms with Crippen molar-refractivity contribution in [3.05, 3.63) is 16.4 Å². The molecule has 0 saturated carbocycles. The molecule has 0 aliphatic heterocycles. The van der Waals surface area contributed by atoms with Gasteiger partial charge in [-0.3, -0.25) is 0 Å². The summed E-state index contributed by atoms with van der Waals surface area (Å²) in [5.74, 6) is 0. The van der Waals surface area contributed by atoms with E-state index in [-0.39, 0.29) is 64.8 Å². The summed E-state index contributed by atoms with van der Waals surface area (Å²) in [6.07, 6.45) is 2.44. The van der Waals surface area contributed by atoms with E-state index in [1.54, 1.807) is 0 Å². The zero-order chi connectivity index (χ0) is 7.98. The molecule has 11 heavy (non-hydrogen) atoms. The van der Waals surface area contributed by atoms with Crippen LogP contribution in [0.4, 0.5) is 0 Å². The van der Waals surface area contributed by atoms with Gasteiger partial charge in [0.25, 0.3) is 0 Å². The van der Waals surface area contributed by atoms with Gasteiger partial charge in [-0.15, -0.1) is 21.5 Å². The second-order valence-electron chi connectivity index (χ2n) is 1.20. The first-order valence-electron chi connectivity index (χ1n) is 2.97. The van der Waals surface area contributed by atoms with Crippen molar-refractivity contribution < 1.29 is 67.8 Å². The molecular weight excluding hydrogens is 283 g/mol. The van der Waals surface area contributed by atoms with Crippen LogP contribution in [0.3, 0.4) is 0 Å². The first-order chi connectivity index (χ1) is 4.84. The van der Waals surface area contributed by atoms with Gasteiger partial charge in [-0.1, -0.05) is 20.0 Å². The van der Waals surface area contributed by atoms with E-state index >= 15 is 0 Å². The molecule has 0 radical (unpaired) electrons. The van der Waals surface area contributed by atoms with Crippen LogP contribution in [-0.2, 0) is 6.61 Å². The monoisotopic (exact) mass is 291 g/mol. The summed E-state index contributed by atoms with van der Waals surface area (Å²) in [7, 11) is 0. The van der Waals surface area contributed by atoms with E-state index in [0.717, 1.165) is 0 Å². The van der Waals surface area contributed by atoms with Crippen LogP contribution in [0.15, 0.2) is 9.19 Å². The van der Waals surface area contributed by atoms with Gasteiger partial charge in [-0.05, 0) is 0 Å². The average molecular weight is 293 g/mol. The molecular formula is C6H9BrNO2Rb. The van der Waals surface area contributed by atoms with Crippen LogP contribution < -0.4 is 58.2 Å². The summed E-state index contributed by atoms with van der Waals surface area (Å²) in [4.78, 5) is 0. The number of hydrogen-bond donors (Lipinski definition) is 1. The van der Waals surface area contributed by atoms with Crippen molar-refractivity contribution in [2.75, 3.05) is 0 Å². The number of aromatic nitrogens is 1. The molecule has 0 bridgehead atoms. The molecule has 1 heterocycles. The summed E-state index contributed by atoms with van der Waals surface area (Å²) in [6, 6.07) is 0. The minimum Gasteiger partial charge on any atom is -0.459 e. The molecule has 5 heteroatoms. The van der Waals surface area contributed by atoms with E-state index in [1.807, 2.05) is 13.8 Å². The average Bonchev–Trinajstić information content (AvgIpc) is 2.39. The fraction of sp³-hybridized carbons (Fsp3) is 0.500. The van der Waals surface area contributed by atoms with E-state index < -0.39 is 0 Å². The summed E-state index contributed by atoms with van der Waals surface area (Å²) in [6.45, 7) is 3.91. The molecule has 0 aliphatic carbocycles. The maximum absolute atomic E-state index is 8.45. The summed E-state index contributed by atoms with van der Waals surface area (Å²) >= 11 is 3.01. The Morgan fingerprint density at radius 2 is 2.18 bits per heavy atom. The quantitative estimate of drug-likeness (QED) is 0.659. The van der Waals surface area contributed by atoms with Crippen LogP contribution in [-0.4, -0.2) is 10.3 Å². The van der Waals surface area contributed by atoms with Crippen molar-refractivity contribution >= 4 is 15.9 Å². The van der Waals surface area contributed by atoms with Gasteiger partial charge in [0.2, 0.25) is 0 Å². The molecule has 58 valence electrons. The molecule has 1 rings (SSSR count). The van der Waals surface area contributed by atoms with Crippen molar-refractivity contribution in [2.24, 2.45) is 0 Å². The molecule has 0 aliphatic rings. The van der Waals surface area contributed by atoms with Gasteiger partial charge in [0.1, 0.15) is 0 Å². The number of aliphatic hydroxyl groups is 1. The van der Waals surface area contributed by atoms with Crippen LogP contribution >= 0.6 is 15.9 Å². The number of halogens is 1. The third-order valence-corrected chi connectivity index (χ3v) is 1.33. The SMILES string of the molecule is CC.OCc1[c-]noc1Br.[Rb+]. The Bertz CT molecular complexity index is 181. The smallest absolute Gasteiger partial charge is 0.459 e. The first kappa shape index (κ1) is 15.0. The fourth-order valence-electron chi connectivity index (χ4n) is 0.315. The van der Waals surface area contributed by atoms with E-state index in [2.05, 4.69) is 31.8 Å². The van der Waals surface area contributed by atoms with Gasteiger partial charge in [-0.2, -0.15) is 0 Å². The second kappa shape index (κ2) is 9.54. The molecule has 0 spiro atoms. The van der Waals surface area contributed by atoms with Crippen molar-refractivity contribution in [1.82, 2.24) is 5.16 Å². The van der Waals surface area contributed by atoms with Gasteiger partial charge >= 0.3 is 58.2 Å². The van der Waals surface area contributed by atoms with Crippen LogP contribution in [0.2, 0.25) is 0 Å². The molecule has 0 saturated heterocycles. The number of aliphatic hydroxyl groups excluding tert-OH is 1. The zero-order valence-electron chi connectivity index (χ0n) is 6.89. The Morgan fingerprint density at radius 3 is 2.36 bits per heavy atom. The Labute approximate surface area is 123 Å². The normalized spacial score (nSPS) is 7.64. The predicted molar refractivity (Wildman–Crippen MR) is 40.3 cm³/mol. The largest absolute Gasteiger partial charge is 1.00 e. The molecule has 1 aromatic heterocycles. The van der Waals surface area contributed by atoms with Crippen molar-refractivity contribution in [3.63, 3.8) is 0 Å². The van der Waals surface area contributed by atoms with Crippen LogP contribution in [0, 0.1) is 6.20 Å². The Kier molecular flexibility index (Phi) is 13.0. The van der Waals surface area contributed by atoms with E-state index in [4.69, 9.17) is 5.11 Å². The zero-order valence-corrected chi connectivity index (χ0v) is 13.4. The third-order valence-electron chi connectivity index (χ3n) is 0.702. The summed E-state index contributed by atoms with van der Waals surface area (Å²) in [5.41, 5.74) is 0.546. The topological polar surface area (TPSA) is 46.3 Å². The van der Waals surface area contributed by atoms with Gasteiger partial charge in [-0.25, -0.2) is 5.16 Å². The van der Waals surface area contributed by atoms with E-state index in [9.17, 15) is 0 Å². The van der Waals surface area contributed by atoms with Gasteiger partial charge in [0, 0.05) is 6.61 Å². The molecule has 0 atom stereocenters. The summed E-state index contributed by atoms with van der Waals surface area (Å²) < 4.78 is 4.95. The Balaban J connectivity index is 0. The molecule has 0 amide bonds. The number of nitrogens with zero attached hydrogens (tertiary/aromatic N) is 1. The Morgan fingerprint density at radius 1 is 1.64 bits per heavy atom. The number of rotatable bonds is 1. The molecule has 1 aromatic rings. The molecule has 0 fully saturated rings. The van der Waals surface area contributed by atoms with Crippen molar-refractivity contribution in [2.45, 2.75) is 20.5 Å². The van der Waals surface area contributed by atoms with Gasteiger partial charge in [0.15, 0.2) is 0 Å². The maximum Gasteiger partial charge on any atom is 1.00 e. The standard InChI is InChI=1S/C4H3BrNO2.C2H6.Rb/c5-4-3(2-7)1-6-8-4;1-2;/h7H,2H2;1-2H3;/q-1;;+1. The molecule has 3 nitrogen and oxygen atoms in total. The Hall–Kier alpha value is 1.46. The van der Waals surface area contributed by atoms with Crippen LogP contribution in [0.5, 0.6) is 0 Å². The predicted octanol–water partition coefficient (Wildman–Crippen LogP) is -1.24. The molecule has 0 aromatic carbocycles. The van der Waals surface area contributed by atoms with Crippen molar-refractivity contribution in [3.8, 4) is 0 Å². The molecule has 1 N–H and O–H groups in total. The fourth-order valence-corrected chi connectivity index (χ4v) is 0.601. The minimum atomic E-state index is -0.0932. The minimum absolute atomic E-state index is 0. The summed E-state index contributed by atoms with van der Waals surface area (Å²) in [5, 5.41) is 11.7. The van der Waals surface area contributed by atoms with Crippen molar-refractivity contribution in [1.29, 1.82) is 0 Å². The van der Waals surface area contributed by atoms with Gasteiger partial charge in [0.05, 0.1) is 4.67 Å². The van der Waals surface area contributed by atoms with E-state index in [0.29, 0.717) is 10.2 Å². The van der Waals surface area contributed by atoms with Gasteiger partial charge < -0.3 is 9.63 Å². The first-order valence-corrected chi connectivity index (χ1v) is 3.76.